The Balaban J connectivity index is 1.68. The van der Waals surface area contributed by atoms with Crippen molar-refractivity contribution >= 4 is 5.82 Å². The Morgan fingerprint density at radius 2 is 2.18 bits per heavy atom. The fourth-order valence-corrected chi connectivity index (χ4v) is 3.01. The minimum absolute atomic E-state index is 0.588. The van der Waals surface area contributed by atoms with Gasteiger partial charge in [-0.05, 0) is 43.9 Å². The van der Waals surface area contributed by atoms with Crippen molar-refractivity contribution < 1.29 is 0 Å². The van der Waals surface area contributed by atoms with Gasteiger partial charge in [0.1, 0.15) is 12.1 Å². The second-order valence-corrected chi connectivity index (χ2v) is 5.60. The second kappa shape index (κ2) is 4.28. The second-order valence-electron chi connectivity index (χ2n) is 5.60. The summed E-state index contributed by atoms with van der Waals surface area (Å²) in [5.74, 6) is 1.11. The third-order valence-electron chi connectivity index (χ3n) is 4.24. The Morgan fingerprint density at radius 3 is 2.94 bits per heavy atom. The highest BCUT2D eigenvalue weighted by molar-refractivity contribution is 5.48. The molecule has 2 aliphatic carbocycles. The highest BCUT2D eigenvalue weighted by Gasteiger charge is 2.41. The lowest BCUT2D eigenvalue weighted by Gasteiger charge is -2.16. The SMILES string of the molecule is CCCC1(CNc2ncnc3c2CCC3)CC1. The van der Waals surface area contributed by atoms with Crippen LogP contribution in [0, 0.1) is 5.41 Å². The molecular weight excluding hydrogens is 210 g/mol. The van der Waals surface area contributed by atoms with Gasteiger partial charge in [-0.2, -0.15) is 0 Å². The van der Waals surface area contributed by atoms with Gasteiger partial charge in [-0.15, -0.1) is 0 Å². The van der Waals surface area contributed by atoms with Gasteiger partial charge in [0, 0.05) is 17.8 Å². The number of nitrogens with one attached hydrogen (secondary N) is 1. The number of nitrogens with zero attached hydrogens (tertiary/aromatic N) is 2. The van der Waals surface area contributed by atoms with Crippen molar-refractivity contribution in [2.45, 2.75) is 51.9 Å². The van der Waals surface area contributed by atoms with Crippen LogP contribution in [0.2, 0.25) is 0 Å². The zero-order valence-corrected chi connectivity index (χ0v) is 10.6. The number of rotatable bonds is 5. The maximum atomic E-state index is 4.42. The average molecular weight is 231 g/mol. The number of fused-ring (bicyclic) bond motifs is 1. The van der Waals surface area contributed by atoms with E-state index in [4.69, 9.17) is 0 Å². The molecule has 0 radical (unpaired) electrons. The summed E-state index contributed by atoms with van der Waals surface area (Å²) in [6, 6.07) is 0. The van der Waals surface area contributed by atoms with Crippen molar-refractivity contribution in [3.63, 3.8) is 0 Å². The summed E-state index contributed by atoms with van der Waals surface area (Å²) < 4.78 is 0. The fourth-order valence-electron chi connectivity index (χ4n) is 3.01. The predicted octanol–water partition coefficient (Wildman–Crippen LogP) is 2.96. The van der Waals surface area contributed by atoms with Gasteiger partial charge in [-0.3, -0.25) is 0 Å². The van der Waals surface area contributed by atoms with E-state index in [9.17, 15) is 0 Å². The van der Waals surface area contributed by atoms with Crippen LogP contribution in [0.1, 0.15) is 50.3 Å². The van der Waals surface area contributed by atoms with E-state index in [0.29, 0.717) is 5.41 Å². The van der Waals surface area contributed by atoms with Gasteiger partial charge < -0.3 is 5.32 Å². The van der Waals surface area contributed by atoms with Gasteiger partial charge in [-0.1, -0.05) is 13.3 Å². The maximum absolute atomic E-state index is 4.42. The topological polar surface area (TPSA) is 37.8 Å². The van der Waals surface area contributed by atoms with Crippen molar-refractivity contribution in [2.24, 2.45) is 5.41 Å². The molecule has 92 valence electrons. The number of aryl methyl sites for hydroxylation is 1. The first-order valence-corrected chi connectivity index (χ1v) is 6.90. The van der Waals surface area contributed by atoms with Crippen molar-refractivity contribution in [2.75, 3.05) is 11.9 Å². The number of anilines is 1. The summed E-state index contributed by atoms with van der Waals surface area (Å²) in [5, 5.41) is 3.58. The van der Waals surface area contributed by atoms with Crippen LogP contribution >= 0.6 is 0 Å². The van der Waals surface area contributed by atoms with E-state index in [-0.39, 0.29) is 0 Å². The normalized spacial score (nSPS) is 20.1. The molecule has 17 heavy (non-hydrogen) atoms. The van der Waals surface area contributed by atoms with Crippen LogP contribution in [0.3, 0.4) is 0 Å². The largest absolute Gasteiger partial charge is 0.369 e. The molecule has 0 aromatic carbocycles. The number of hydrogen-bond acceptors (Lipinski definition) is 3. The molecule has 1 saturated carbocycles. The standard InChI is InChI=1S/C14H21N3/c1-2-6-14(7-8-14)9-15-13-11-4-3-5-12(11)16-10-17-13/h10H,2-9H2,1H3,(H,15,16,17). The van der Waals surface area contributed by atoms with Gasteiger partial charge in [0.25, 0.3) is 0 Å². The van der Waals surface area contributed by atoms with Crippen LogP contribution in [-0.2, 0) is 12.8 Å². The molecule has 0 unspecified atom stereocenters. The molecule has 3 rings (SSSR count). The molecule has 1 aromatic rings. The highest BCUT2D eigenvalue weighted by atomic mass is 15.0. The minimum Gasteiger partial charge on any atom is -0.369 e. The lowest BCUT2D eigenvalue weighted by Crippen LogP contribution is -2.17. The summed E-state index contributed by atoms with van der Waals surface area (Å²) in [4.78, 5) is 8.78. The molecule has 0 bridgehead atoms. The first-order valence-electron chi connectivity index (χ1n) is 6.90. The monoisotopic (exact) mass is 231 g/mol. The van der Waals surface area contributed by atoms with E-state index < -0.39 is 0 Å². The number of aromatic nitrogens is 2. The minimum atomic E-state index is 0.588. The highest BCUT2D eigenvalue weighted by Crippen LogP contribution is 2.49. The Hall–Kier alpha value is -1.12. The molecule has 1 fully saturated rings. The quantitative estimate of drug-likeness (QED) is 0.846. The van der Waals surface area contributed by atoms with Crippen molar-refractivity contribution in [1.29, 1.82) is 0 Å². The van der Waals surface area contributed by atoms with Crippen molar-refractivity contribution in [3.8, 4) is 0 Å². The molecule has 0 amide bonds. The summed E-state index contributed by atoms with van der Waals surface area (Å²) in [6.07, 6.45) is 10.7. The molecule has 2 aliphatic rings. The van der Waals surface area contributed by atoms with Crippen LogP contribution in [0.5, 0.6) is 0 Å². The van der Waals surface area contributed by atoms with Crippen LogP contribution < -0.4 is 5.32 Å². The lowest BCUT2D eigenvalue weighted by molar-refractivity contribution is 0.485. The molecule has 0 atom stereocenters. The first-order chi connectivity index (χ1) is 8.33. The van der Waals surface area contributed by atoms with E-state index in [1.807, 2.05) is 0 Å². The van der Waals surface area contributed by atoms with Gasteiger partial charge in [-0.25, -0.2) is 9.97 Å². The average Bonchev–Trinajstić information content (AvgIpc) is 2.92. The summed E-state index contributed by atoms with van der Waals surface area (Å²) in [7, 11) is 0. The van der Waals surface area contributed by atoms with Gasteiger partial charge in [0.05, 0.1) is 0 Å². The summed E-state index contributed by atoms with van der Waals surface area (Å²) >= 11 is 0. The molecular formula is C14H21N3. The Bertz CT molecular complexity index is 410. The Morgan fingerprint density at radius 1 is 1.29 bits per heavy atom. The predicted molar refractivity (Wildman–Crippen MR) is 69.1 cm³/mol. The lowest BCUT2D eigenvalue weighted by atomic mass is 10.0. The van der Waals surface area contributed by atoms with Gasteiger partial charge in [0.2, 0.25) is 0 Å². The van der Waals surface area contributed by atoms with E-state index in [2.05, 4.69) is 22.2 Å². The fraction of sp³-hybridized carbons (Fsp3) is 0.714. The molecule has 1 N–H and O–H groups in total. The zero-order valence-electron chi connectivity index (χ0n) is 10.6. The van der Waals surface area contributed by atoms with Crippen molar-refractivity contribution in [1.82, 2.24) is 9.97 Å². The van der Waals surface area contributed by atoms with Gasteiger partial charge in [0.15, 0.2) is 0 Å². The Kier molecular flexibility index (Phi) is 2.77. The molecule has 0 spiro atoms. The van der Waals surface area contributed by atoms with E-state index in [0.717, 1.165) is 25.2 Å². The third kappa shape index (κ3) is 2.15. The van der Waals surface area contributed by atoms with Gasteiger partial charge >= 0.3 is 0 Å². The maximum Gasteiger partial charge on any atom is 0.132 e. The number of hydrogen-bond donors (Lipinski definition) is 1. The molecule has 0 saturated heterocycles. The molecule has 1 aromatic heterocycles. The molecule has 0 aliphatic heterocycles. The summed E-state index contributed by atoms with van der Waals surface area (Å²) in [5.41, 5.74) is 3.23. The third-order valence-corrected chi connectivity index (χ3v) is 4.24. The van der Waals surface area contributed by atoms with Crippen LogP contribution in [0.15, 0.2) is 6.33 Å². The van der Waals surface area contributed by atoms with Crippen molar-refractivity contribution in [3.05, 3.63) is 17.6 Å². The van der Waals surface area contributed by atoms with E-state index in [1.54, 1.807) is 6.33 Å². The molecule has 3 nitrogen and oxygen atoms in total. The van der Waals surface area contributed by atoms with E-state index in [1.165, 1.54) is 43.4 Å². The smallest absolute Gasteiger partial charge is 0.132 e. The van der Waals surface area contributed by atoms with Crippen LogP contribution in [0.4, 0.5) is 5.82 Å². The first kappa shape index (κ1) is 11.0. The van der Waals surface area contributed by atoms with E-state index >= 15 is 0 Å². The summed E-state index contributed by atoms with van der Waals surface area (Å²) in [6.45, 7) is 3.38. The Labute approximate surface area is 103 Å². The van der Waals surface area contributed by atoms with Crippen LogP contribution in [0.25, 0.3) is 0 Å². The zero-order chi connectivity index (χ0) is 11.7. The molecule has 3 heteroatoms. The van der Waals surface area contributed by atoms with Crippen LogP contribution in [-0.4, -0.2) is 16.5 Å². The molecule has 1 heterocycles.